The molecule has 2 N–H and O–H groups in total. The lowest BCUT2D eigenvalue weighted by Gasteiger charge is -2.14. The van der Waals surface area contributed by atoms with E-state index in [0.29, 0.717) is 6.54 Å². The van der Waals surface area contributed by atoms with Gasteiger partial charge >= 0.3 is 0 Å². The van der Waals surface area contributed by atoms with Crippen LogP contribution in [0.4, 0.5) is 0 Å². The molecular weight excluding hydrogens is 290 g/mol. The zero-order chi connectivity index (χ0) is 13.1. The molecule has 2 rings (SSSR count). The summed E-state index contributed by atoms with van der Waals surface area (Å²) in [5, 5.41) is 0. The third-order valence-corrected chi connectivity index (χ3v) is 3.80. The second-order valence-electron chi connectivity index (χ2n) is 4.22. The number of hydrogen-bond donors (Lipinski definition) is 1. The third kappa shape index (κ3) is 2.57. The van der Waals surface area contributed by atoms with Crippen LogP contribution in [0.3, 0.4) is 0 Å². The molecule has 0 atom stereocenters. The number of ether oxygens (including phenoxy) is 1. The van der Waals surface area contributed by atoms with Gasteiger partial charge in [-0.05, 0) is 43.2 Å². The Morgan fingerprint density at radius 2 is 1.72 bits per heavy atom. The number of halogens is 1. The van der Waals surface area contributed by atoms with Crippen molar-refractivity contribution in [1.29, 1.82) is 0 Å². The molecular formula is C15H16BrNO. The number of hydrogen-bond acceptors (Lipinski definition) is 2. The van der Waals surface area contributed by atoms with Gasteiger partial charge < -0.3 is 10.5 Å². The summed E-state index contributed by atoms with van der Waals surface area (Å²) >= 11 is 3.49. The first kappa shape index (κ1) is 13.1. The molecule has 0 unspecified atom stereocenters. The van der Waals surface area contributed by atoms with Crippen molar-refractivity contribution >= 4 is 15.9 Å². The largest absolute Gasteiger partial charge is 0.457 e. The van der Waals surface area contributed by atoms with E-state index in [1.54, 1.807) is 0 Å². The standard InChI is InChI=1S/C15H16BrNO/c1-10-5-3-7-14(11(10)2)18-15-8-4-6-13(16)12(15)9-17/h3-8H,9,17H2,1-2H3. The Balaban J connectivity index is 2.40. The van der Waals surface area contributed by atoms with E-state index in [1.807, 2.05) is 30.3 Å². The number of rotatable bonds is 3. The van der Waals surface area contributed by atoms with Crippen molar-refractivity contribution in [3.63, 3.8) is 0 Å². The second-order valence-corrected chi connectivity index (χ2v) is 5.08. The highest BCUT2D eigenvalue weighted by molar-refractivity contribution is 9.10. The van der Waals surface area contributed by atoms with Crippen molar-refractivity contribution in [2.45, 2.75) is 20.4 Å². The zero-order valence-electron chi connectivity index (χ0n) is 10.5. The van der Waals surface area contributed by atoms with Crippen molar-refractivity contribution in [3.8, 4) is 11.5 Å². The maximum atomic E-state index is 5.98. The van der Waals surface area contributed by atoms with Gasteiger partial charge in [-0.2, -0.15) is 0 Å². The lowest BCUT2D eigenvalue weighted by atomic mass is 10.1. The van der Waals surface area contributed by atoms with Crippen molar-refractivity contribution < 1.29 is 4.74 Å². The Labute approximate surface area is 116 Å². The lowest BCUT2D eigenvalue weighted by molar-refractivity contribution is 0.472. The van der Waals surface area contributed by atoms with Gasteiger partial charge in [-0.15, -0.1) is 0 Å². The van der Waals surface area contributed by atoms with E-state index in [2.05, 4.69) is 35.8 Å². The van der Waals surface area contributed by atoms with Crippen LogP contribution in [-0.4, -0.2) is 0 Å². The minimum Gasteiger partial charge on any atom is -0.457 e. The van der Waals surface area contributed by atoms with E-state index in [0.717, 1.165) is 27.1 Å². The second kappa shape index (κ2) is 5.55. The van der Waals surface area contributed by atoms with E-state index < -0.39 is 0 Å². The van der Waals surface area contributed by atoms with E-state index in [-0.39, 0.29) is 0 Å². The van der Waals surface area contributed by atoms with Crippen LogP contribution in [0.15, 0.2) is 40.9 Å². The lowest BCUT2D eigenvalue weighted by Crippen LogP contribution is -2.01. The molecule has 0 aromatic heterocycles. The molecule has 0 aliphatic rings. The SMILES string of the molecule is Cc1cccc(Oc2cccc(Br)c2CN)c1C. The van der Waals surface area contributed by atoms with Crippen LogP contribution in [-0.2, 0) is 6.54 Å². The third-order valence-electron chi connectivity index (χ3n) is 3.05. The monoisotopic (exact) mass is 305 g/mol. The first-order valence-corrected chi connectivity index (χ1v) is 6.64. The Hall–Kier alpha value is -1.32. The first-order chi connectivity index (χ1) is 8.63. The maximum Gasteiger partial charge on any atom is 0.133 e. The zero-order valence-corrected chi connectivity index (χ0v) is 12.1. The van der Waals surface area contributed by atoms with Crippen LogP contribution >= 0.6 is 15.9 Å². The fraction of sp³-hybridized carbons (Fsp3) is 0.200. The van der Waals surface area contributed by atoms with Crippen molar-refractivity contribution in [1.82, 2.24) is 0 Å². The Morgan fingerprint density at radius 1 is 1.06 bits per heavy atom. The van der Waals surface area contributed by atoms with Crippen molar-refractivity contribution in [3.05, 3.63) is 57.6 Å². The molecule has 0 aliphatic carbocycles. The van der Waals surface area contributed by atoms with Crippen LogP contribution in [0.5, 0.6) is 11.5 Å². The van der Waals surface area contributed by atoms with Crippen LogP contribution < -0.4 is 10.5 Å². The van der Waals surface area contributed by atoms with Crippen LogP contribution in [0.2, 0.25) is 0 Å². The Bertz CT molecular complexity index is 566. The minimum atomic E-state index is 0.446. The molecule has 0 spiro atoms. The maximum absolute atomic E-state index is 5.98. The Morgan fingerprint density at radius 3 is 2.44 bits per heavy atom. The van der Waals surface area contributed by atoms with E-state index in [9.17, 15) is 0 Å². The molecule has 2 aromatic carbocycles. The number of aryl methyl sites for hydroxylation is 1. The molecule has 94 valence electrons. The Kier molecular flexibility index (Phi) is 4.04. The normalized spacial score (nSPS) is 10.4. The predicted octanol–water partition coefficient (Wildman–Crippen LogP) is 4.32. The van der Waals surface area contributed by atoms with Gasteiger partial charge in [0.05, 0.1) is 0 Å². The average Bonchev–Trinajstić information content (AvgIpc) is 2.35. The van der Waals surface area contributed by atoms with Gasteiger partial charge in [-0.1, -0.05) is 34.1 Å². The molecule has 3 heteroatoms. The van der Waals surface area contributed by atoms with E-state index in [1.165, 1.54) is 5.56 Å². The van der Waals surface area contributed by atoms with Gasteiger partial charge in [0.15, 0.2) is 0 Å². The molecule has 0 amide bonds. The topological polar surface area (TPSA) is 35.2 Å². The quantitative estimate of drug-likeness (QED) is 0.916. The van der Waals surface area contributed by atoms with Gasteiger partial charge in [0.2, 0.25) is 0 Å². The summed E-state index contributed by atoms with van der Waals surface area (Å²) in [6, 6.07) is 11.9. The highest BCUT2D eigenvalue weighted by Crippen LogP contribution is 2.32. The molecule has 0 heterocycles. The summed E-state index contributed by atoms with van der Waals surface area (Å²) in [6.45, 7) is 4.58. The summed E-state index contributed by atoms with van der Waals surface area (Å²) < 4.78 is 6.96. The van der Waals surface area contributed by atoms with Crippen molar-refractivity contribution in [2.24, 2.45) is 5.73 Å². The minimum absolute atomic E-state index is 0.446. The molecule has 0 saturated heterocycles. The molecule has 2 aromatic rings. The van der Waals surface area contributed by atoms with Gasteiger partial charge in [0.1, 0.15) is 11.5 Å². The number of benzene rings is 2. The highest BCUT2D eigenvalue weighted by atomic mass is 79.9. The van der Waals surface area contributed by atoms with E-state index in [4.69, 9.17) is 10.5 Å². The highest BCUT2D eigenvalue weighted by Gasteiger charge is 2.09. The van der Waals surface area contributed by atoms with Crippen LogP contribution in [0, 0.1) is 13.8 Å². The molecule has 0 aliphatic heterocycles. The summed E-state index contributed by atoms with van der Waals surface area (Å²) in [6.07, 6.45) is 0. The van der Waals surface area contributed by atoms with Gasteiger partial charge in [-0.3, -0.25) is 0 Å². The van der Waals surface area contributed by atoms with Crippen LogP contribution in [0.25, 0.3) is 0 Å². The van der Waals surface area contributed by atoms with Gasteiger partial charge in [-0.25, -0.2) is 0 Å². The van der Waals surface area contributed by atoms with Crippen molar-refractivity contribution in [2.75, 3.05) is 0 Å². The van der Waals surface area contributed by atoms with Gasteiger partial charge in [0, 0.05) is 16.6 Å². The summed E-state index contributed by atoms with van der Waals surface area (Å²) in [4.78, 5) is 0. The van der Waals surface area contributed by atoms with E-state index >= 15 is 0 Å². The fourth-order valence-corrected chi connectivity index (χ4v) is 2.30. The fourth-order valence-electron chi connectivity index (χ4n) is 1.79. The molecule has 0 saturated carbocycles. The molecule has 0 fully saturated rings. The predicted molar refractivity (Wildman–Crippen MR) is 78.0 cm³/mol. The molecule has 0 radical (unpaired) electrons. The number of nitrogens with two attached hydrogens (primary N) is 1. The summed E-state index contributed by atoms with van der Waals surface area (Å²) in [5.74, 6) is 1.68. The smallest absolute Gasteiger partial charge is 0.133 e. The first-order valence-electron chi connectivity index (χ1n) is 5.85. The summed E-state index contributed by atoms with van der Waals surface area (Å²) in [7, 11) is 0. The molecule has 2 nitrogen and oxygen atoms in total. The van der Waals surface area contributed by atoms with Crippen LogP contribution in [0.1, 0.15) is 16.7 Å². The molecule has 18 heavy (non-hydrogen) atoms. The molecule has 0 bridgehead atoms. The average molecular weight is 306 g/mol. The summed E-state index contributed by atoms with van der Waals surface area (Å²) in [5.41, 5.74) is 9.12. The van der Waals surface area contributed by atoms with Gasteiger partial charge in [0.25, 0.3) is 0 Å².